The van der Waals surface area contributed by atoms with E-state index >= 15 is 0 Å². The molecule has 4 nitrogen and oxygen atoms in total. The zero-order chi connectivity index (χ0) is 25.4. The number of carbonyl (C=O) groups is 2. The molecule has 0 aromatic heterocycles. The van der Waals surface area contributed by atoms with Crippen LogP contribution in [0.4, 0.5) is 8.78 Å². The van der Waals surface area contributed by atoms with Crippen LogP contribution >= 0.6 is 11.6 Å². The van der Waals surface area contributed by atoms with Crippen LogP contribution in [0.25, 0.3) is 0 Å². The fourth-order valence-corrected chi connectivity index (χ4v) is 3.97. The Balaban J connectivity index is 2.01. The number of nitrogens with zero attached hydrogens (tertiary/aromatic N) is 1. The molecule has 0 saturated carbocycles. The van der Waals surface area contributed by atoms with Crippen LogP contribution in [0, 0.1) is 17.6 Å². The van der Waals surface area contributed by atoms with E-state index in [-0.39, 0.29) is 47.4 Å². The number of nitrogens with one attached hydrogen (secondary N) is 1. The van der Waals surface area contributed by atoms with Crippen LogP contribution in [0.2, 0.25) is 5.02 Å². The molecular weight excluding hydrogens is 470 g/mol. The first-order valence-corrected chi connectivity index (χ1v) is 11.9. The molecule has 0 heterocycles. The molecule has 0 bridgehead atoms. The maximum atomic E-state index is 14.6. The van der Waals surface area contributed by atoms with Gasteiger partial charge in [0.25, 0.3) is 0 Å². The number of hydrogen-bond acceptors (Lipinski definition) is 2. The zero-order valence-corrected chi connectivity index (χ0v) is 20.6. The molecule has 3 aromatic carbocycles. The first-order chi connectivity index (χ1) is 16.8. The molecule has 2 amide bonds. The van der Waals surface area contributed by atoms with Crippen molar-refractivity contribution in [2.24, 2.45) is 5.92 Å². The summed E-state index contributed by atoms with van der Waals surface area (Å²) in [6, 6.07) is 18.6. The minimum atomic E-state index is -0.936. The van der Waals surface area contributed by atoms with E-state index in [0.717, 1.165) is 5.56 Å². The number of halogens is 3. The predicted molar refractivity (Wildman–Crippen MR) is 134 cm³/mol. The molecule has 35 heavy (non-hydrogen) atoms. The highest BCUT2D eigenvalue weighted by atomic mass is 35.5. The van der Waals surface area contributed by atoms with E-state index in [4.69, 9.17) is 11.6 Å². The summed E-state index contributed by atoms with van der Waals surface area (Å²) in [4.78, 5) is 28.3. The van der Waals surface area contributed by atoms with E-state index in [1.165, 1.54) is 29.2 Å². The first-order valence-electron chi connectivity index (χ1n) is 11.5. The van der Waals surface area contributed by atoms with Crippen molar-refractivity contribution in [3.63, 3.8) is 0 Å². The second kappa shape index (κ2) is 12.5. The van der Waals surface area contributed by atoms with Gasteiger partial charge in [-0.15, -0.1) is 0 Å². The Bertz CT molecular complexity index is 1130. The van der Waals surface area contributed by atoms with Gasteiger partial charge in [-0.05, 0) is 29.7 Å². The lowest BCUT2D eigenvalue weighted by Gasteiger charge is -2.32. The van der Waals surface area contributed by atoms with Gasteiger partial charge >= 0.3 is 0 Å². The Morgan fingerprint density at radius 3 is 2.23 bits per heavy atom. The highest BCUT2D eigenvalue weighted by Gasteiger charge is 2.31. The van der Waals surface area contributed by atoms with Gasteiger partial charge < -0.3 is 10.2 Å². The molecule has 7 heteroatoms. The van der Waals surface area contributed by atoms with E-state index in [1.54, 1.807) is 18.2 Å². The fraction of sp³-hybridized carbons (Fsp3) is 0.286. The van der Waals surface area contributed by atoms with Crippen LogP contribution in [-0.4, -0.2) is 29.3 Å². The molecule has 0 spiro atoms. The molecule has 0 saturated heterocycles. The molecule has 1 N–H and O–H groups in total. The minimum Gasteiger partial charge on any atom is -0.354 e. The van der Waals surface area contributed by atoms with Crippen LogP contribution in [0.15, 0.2) is 72.8 Å². The van der Waals surface area contributed by atoms with Gasteiger partial charge in [-0.1, -0.05) is 80.0 Å². The second-order valence-corrected chi connectivity index (χ2v) is 9.24. The summed E-state index contributed by atoms with van der Waals surface area (Å²) in [5, 5.41) is 3.02. The molecule has 0 radical (unpaired) electrons. The van der Waals surface area contributed by atoms with E-state index in [9.17, 15) is 18.4 Å². The van der Waals surface area contributed by atoms with Crippen LogP contribution in [0.5, 0.6) is 0 Å². The Labute approximate surface area is 209 Å². The molecule has 0 fully saturated rings. The number of carbonyl (C=O) groups excluding carboxylic acids is 2. The fourth-order valence-electron chi connectivity index (χ4n) is 3.74. The average molecular weight is 499 g/mol. The van der Waals surface area contributed by atoms with E-state index in [0.29, 0.717) is 6.54 Å². The van der Waals surface area contributed by atoms with Crippen molar-refractivity contribution >= 4 is 23.4 Å². The lowest BCUT2D eigenvalue weighted by molar-refractivity contribution is -0.140. The normalized spacial score (nSPS) is 11.8. The van der Waals surface area contributed by atoms with Gasteiger partial charge in [0.1, 0.15) is 17.7 Å². The Hall–Kier alpha value is -3.25. The minimum absolute atomic E-state index is 0.0405. The third-order valence-electron chi connectivity index (χ3n) is 5.64. The largest absolute Gasteiger partial charge is 0.354 e. The van der Waals surface area contributed by atoms with Crippen molar-refractivity contribution in [2.75, 3.05) is 6.54 Å². The number of hydrogen-bond donors (Lipinski definition) is 1. The average Bonchev–Trinajstić information content (AvgIpc) is 2.83. The highest BCUT2D eigenvalue weighted by molar-refractivity contribution is 6.31. The van der Waals surface area contributed by atoms with Gasteiger partial charge in [-0.2, -0.15) is 0 Å². The Kier molecular flexibility index (Phi) is 9.38. The molecule has 0 aliphatic carbocycles. The number of benzene rings is 3. The quantitative estimate of drug-likeness (QED) is 0.397. The molecule has 3 rings (SSSR count). The number of rotatable bonds is 10. The summed E-state index contributed by atoms with van der Waals surface area (Å²) in [5.74, 6) is -1.78. The molecule has 184 valence electrons. The van der Waals surface area contributed by atoms with Crippen molar-refractivity contribution in [2.45, 2.75) is 39.3 Å². The van der Waals surface area contributed by atoms with Gasteiger partial charge in [-0.25, -0.2) is 8.78 Å². The molecule has 0 aliphatic rings. The van der Waals surface area contributed by atoms with Gasteiger partial charge in [0.05, 0.1) is 6.42 Å². The predicted octanol–water partition coefficient (Wildman–Crippen LogP) is 5.57. The van der Waals surface area contributed by atoms with Crippen LogP contribution < -0.4 is 5.32 Å². The van der Waals surface area contributed by atoms with E-state index in [2.05, 4.69) is 5.32 Å². The third-order valence-corrected chi connectivity index (χ3v) is 6.00. The summed E-state index contributed by atoms with van der Waals surface area (Å²) in [5.41, 5.74) is 1.14. The zero-order valence-electron chi connectivity index (χ0n) is 19.8. The van der Waals surface area contributed by atoms with E-state index < -0.39 is 23.6 Å². The van der Waals surface area contributed by atoms with Crippen molar-refractivity contribution in [1.82, 2.24) is 10.2 Å². The lowest BCUT2D eigenvalue weighted by Crippen LogP contribution is -2.51. The van der Waals surface area contributed by atoms with Crippen molar-refractivity contribution in [3.05, 3.63) is 106 Å². The highest BCUT2D eigenvalue weighted by Crippen LogP contribution is 2.23. The van der Waals surface area contributed by atoms with E-state index in [1.807, 2.05) is 44.2 Å². The van der Waals surface area contributed by atoms with Gasteiger partial charge in [-0.3, -0.25) is 9.59 Å². The van der Waals surface area contributed by atoms with Gasteiger partial charge in [0.2, 0.25) is 11.8 Å². The summed E-state index contributed by atoms with van der Waals surface area (Å²) < 4.78 is 29.1. The summed E-state index contributed by atoms with van der Waals surface area (Å²) >= 11 is 6.17. The molecule has 3 aromatic rings. The first kappa shape index (κ1) is 26.4. The van der Waals surface area contributed by atoms with Crippen LogP contribution in [-0.2, 0) is 29.0 Å². The number of amides is 2. The van der Waals surface area contributed by atoms with Crippen molar-refractivity contribution in [3.8, 4) is 0 Å². The van der Waals surface area contributed by atoms with Gasteiger partial charge in [0, 0.05) is 35.7 Å². The molecule has 0 unspecified atom stereocenters. The Morgan fingerprint density at radius 1 is 0.914 bits per heavy atom. The maximum Gasteiger partial charge on any atom is 0.243 e. The standard InChI is InChI=1S/C28H29ClF2N2O2/c1-19(2)17-32-28(35)26(15-20-9-4-3-5-10-20)33(18-21-11-6-7-13-24(21)30)27(34)16-22-23(29)12-8-14-25(22)31/h3-14,19,26H,15-18H2,1-2H3,(H,32,35)/t26-/m1/s1. The summed E-state index contributed by atoms with van der Waals surface area (Å²) in [6.07, 6.45) is -0.140. The van der Waals surface area contributed by atoms with Gasteiger partial charge in [0.15, 0.2) is 0 Å². The van der Waals surface area contributed by atoms with Crippen molar-refractivity contribution < 1.29 is 18.4 Å². The second-order valence-electron chi connectivity index (χ2n) is 8.83. The lowest BCUT2D eigenvalue weighted by atomic mass is 10.0. The molecular formula is C28H29ClF2N2O2. The Morgan fingerprint density at radius 2 is 1.57 bits per heavy atom. The van der Waals surface area contributed by atoms with Crippen LogP contribution in [0.1, 0.15) is 30.5 Å². The topological polar surface area (TPSA) is 49.4 Å². The third kappa shape index (κ3) is 7.36. The molecule has 0 aliphatic heterocycles. The monoisotopic (exact) mass is 498 g/mol. The maximum absolute atomic E-state index is 14.6. The molecule has 1 atom stereocenters. The van der Waals surface area contributed by atoms with Crippen LogP contribution in [0.3, 0.4) is 0 Å². The smallest absolute Gasteiger partial charge is 0.243 e. The SMILES string of the molecule is CC(C)CNC(=O)[C@@H](Cc1ccccc1)N(Cc1ccccc1F)C(=O)Cc1c(F)cccc1Cl. The van der Waals surface area contributed by atoms with Crippen molar-refractivity contribution in [1.29, 1.82) is 0 Å². The summed E-state index contributed by atoms with van der Waals surface area (Å²) in [7, 11) is 0. The summed E-state index contributed by atoms with van der Waals surface area (Å²) in [6.45, 7) is 4.21.